The maximum atomic E-state index is 9.20. The van der Waals surface area contributed by atoms with E-state index in [4.69, 9.17) is 4.74 Å². The van der Waals surface area contributed by atoms with E-state index in [9.17, 15) is 5.11 Å². The Bertz CT molecular complexity index is 671. The van der Waals surface area contributed by atoms with E-state index in [0.717, 1.165) is 13.0 Å². The number of aliphatic hydroxyl groups excluding tert-OH is 1. The van der Waals surface area contributed by atoms with Crippen molar-refractivity contribution >= 4 is 5.69 Å². The third-order valence-corrected chi connectivity index (χ3v) is 5.09. The maximum absolute atomic E-state index is 9.20. The van der Waals surface area contributed by atoms with E-state index in [-0.39, 0.29) is 12.7 Å². The van der Waals surface area contributed by atoms with E-state index in [1.54, 1.807) is 0 Å². The highest BCUT2D eigenvalue weighted by molar-refractivity contribution is 5.58. The summed E-state index contributed by atoms with van der Waals surface area (Å²) < 4.78 is 6.19. The Morgan fingerprint density at radius 2 is 2.00 bits per heavy atom. The van der Waals surface area contributed by atoms with Gasteiger partial charge in [0.2, 0.25) is 0 Å². The number of ether oxygens (including phenoxy) is 1. The number of hydrogen-bond donors (Lipinski definition) is 2. The van der Waals surface area contributed by atoms with Gasteiger partial charge in [-0.3, -0.25) is 0 Å². The van der Waals surface area contributed by atoms with Gasteiger partial charge in [-0.2, -0.15) is 0 Å². The summed E-state index contributed by atoms with van der Waals surface area (Å²) in [6.07, 6.45) is 3.16. The Hall–Kier alpha value is -1.84. The Balaban J connectivity index is 1.74. The standard InChI is InChI=1S/C20H23NO2/c22-11-10-14-8-9-18-17(13-14)20-16(7-4-12-23-20)19(21-18)15-5-2-1-3-6-15/h1-3,5-6,8-9,13,16,19-22H,4,7,10-12H2/t16-,19-,20-/m0/s1. The lowest BCUT2D eigenvalue weighted by molar-refractivity contribution is -0.0381. The van der Waals surface area contributed by atoms with Gasteiger partial charge in [-0.05, 0) is 36.5 Å². The summed E-state index contributed by atoms with van der Waals surface area (Å²) >= 11 is 0. The van der Waals surface area contributed by atoms with Gasteiger partial charge in [0, 0.05) is 30.4 Å². The first kappa shape index (κ1) is 14.7. The fraction of sp³-hybridized carbons (Fsp3) is 0.400. The van der Waals surface area contributed by atoms with Crippen molar-refractivity contribution in [3.05, 3.63) is 65.2 Å². The van der Waals surface area contributed by atoms with Gasteiger partial charge in [-0.25, -0.2) is 0 Å². The predicted molar refractivity (Wildman–Crippen MR) is 91.5 cm³/mol. The number of anilines is 1. The first-order valence-corrected chi connectivity index (χ1v) is 8.53. The quantitative estimate of drug-likeness (QED) is 0.904. The summed E-state index contributed by atoms with van der Waals surface area (Å²) in [5, 5.41) is 12.9. The molecule has 3 heteroatoms. The molecule has 0 aliphatic carbocycles. The molecule has 23 heavy (non-hydrogen) atoms. The molecule has 2 aromatic rings. The summed E-state index contributed by atoms with van der Waals surface area (Å²) in [6, 6.07) is 17.4. The molecule has 2 aliphatic heterocycles. The van der Waals surface area contributed by atoms with Crippen molar-refractivity contribution in [1.82, 2.24) is 0 Å². The van der Waals surface area contributed by atoms with Crippen LogP contribution in [0.4, 0.5) is 5.69 Å². The average Bonchev–Trinajstić information content (AvgIpc) is 2.62. The van der Waals surface area contributed by atoms with Gasteiger partial charge in [0.1, 0.15) is 0 Å². The summed E-state index contributed by atoms with van der Waals surface area (Å²) in [5.74, 6) is 0.461. The molecule has 2 heterocycles. The lowest BCUT2D eigenvalue weighted by Crippen LogP contribution is -2.36. The smallest absolute Gasteiger partial charge is 0.0895 e. The van der Waals surface area contributed by atoms with E-state index in [1.807, 2.05) is 0 Å². The first-order chi connectivity index (χ1) is 11.4. The second-order valence-corrected chi connectivity index (χ2v) is 6.53. The van der Waals surface area contributed by atoms with Gasteiger partial charge < -0.3 is 15.2 Å². The van der Waals surface area contributed by atoms with E-state index in [1.165, 1.54) is 28.8 Å². The molecule has 1 saturated heterocycles. The number of fused-ring (bicyclic) bond motifs is 3. The highest BCUT2D eigenvalue weighted by Crippen LogP contribution is 2.49. The van der Waals surface area contributed by atoms with Crippen LogP contribution in [0.25, 0.3) is 0 Å². The zero-order valence-corrected chi connectivity index (χ0v) is 13.2. The molecule has 3 nitrogen and oxygen atoms in total. The van der Waals surface area contributed by atoms with Crippen LogP contribution >= 0.6 is 0 Å². The minimum Gasteiger partial charge on any atom is -0.396 e. The molecule has 1 fully saturated rings. The number of nitrogens with one attached hydrogen (secondary N) is 1. The van der Waals surface area contributed by atoms with Crippen molar-refractivity contribution in [2.75, 3.05) is 18.5 Å². The van der Waals surface area contributed by atoms with Gasteiger partial charge >= 0.3 is 0 Å². The third kappa shape index (κ3) is 2.75. The van der Waals surface area contributed by atoms with Gasteiger partial charge in [0.15, 0.2) is 0 Å². The van der Waals surface area contributed by atoms with Crippen molar-refractivity contribution in [3.8, 4) is 0 Å². The molecule has 3 atom stereocenters. The van der Waals surface area contributed by atoms with Crippen LogP contribution in [0.2, 0.25) is 0 Å². The van der Waals surface area contributed by atoms with Crippen LogP contribution in [-0.2, 0) is 11.2 Å². The molecule has 120 valence electrons. The monoisotopic (exact) mass is 309 g/mol. The van der Waals surface area contributed by atoms with Crippen LogP contribution in [0.1, 0.15) is 41.7 Å². The maximum Gasteiger partial charge on any atom is 0.0895 e. The van der Waals surface area contributed by atoms with Gasteiger partial charge in [0.05, 0.1) is 12.1 Å². The highest BCUT2D eigenvalue weighted by atomic mass is 16.5. The first-order valence-electron chi connectivity index (χ1n) is 8.53. The second kappa shape index (κ2) is 6.34. The predicted octanol–water partition coefficient (Wildman–Crippen LogP) is 3.86. The molecule has 0 saturated carbocycles. The summed E-state index contributed by atoms with van der Waals surface area (Å²) in [5.41, 5.74) is 4.94. The fourth-order valence-electron chi connectivity index (χ4n) is 4.00. The van der Waals surface area contributed by atoms with E-state index < -0.39 is 0 Å². The van der Waals surface area contributed by atoms with E-state index >= 15 is 0 Å². The summed E-state index contributed by atoms with van der Waals surface area (Å²) in [4.78, 5) is 0. The van der Waals surface area contributed by atoms with Gasteiger partial charge in [-0.1, -0.05) is 42.5 Å². The van der Waals surface area contributed by atoms with Gasteiger partial charge in [0.25, 0.3) is 0 Å². The van der Waals surface area contributed by atoms with Crippen molar-refractivity contribution in [2.24, 2.45) is 5.92 Å². The van der Waals surface area contributed by atoms with Crippen molar-refractivity contribution < 1.29 is 9.84 Å². The molecule has 4 rings (SSSR count). The zero-order chi connectivity index (χ0) is 15.6. The number of rotatable bonds is 3. The molecule has 2 aliphatic rings. The lowest BCUT2D eigenvalue weighted by Gasteiger charge is -2.43. The molecule has 0 unspecified atom stereocenters. The van der Waals surface area contributed by atoms with Crippen molar-refractivity contribution in [3.63, 3.8) is 0 Å². The Morgan fingerprint density at radius 3 is 2.83 bits per heavy atom. The minimum absolute atomic E-state index is 0.156. The molecule has 0 spiro atoms. The Kier molecular flexibility index (Phi) is 4.06. The second-order valence-electron chi connectivity index (χ2n) is 6.53. The zero-order valence-electron chi connectivity index (χ0n) is 13.2. The van der Waals surface area contributed by atoms with Crippen LogP contribution in [0.15, 0.2) is 48.5 Å². The van der Waals surface area contributed by atoms with Crippen LogP contribution < -0.4 is 5.32 Å². The molecular weight excluding hydrogens is 286 g/mol. The van der Waals surface area contributed by atoms with Crippen LogP contribution in [-0.4, -0.2) is 18.3 Å². The van der Waals surface area contributed by atoms with E-state index in [0.29, 0.717) is 18.4 Å². The Morgan fingerprint density at radius 1 is 1.13 bits per heavy atom. The number of hydrogen-bond acceptors (Lipinski definition) is 3. The summed E-state index contributed by atoms with van der Waals surface area (Å²) in [7, 11) is 0. The van der Waals surface area contributed by atoms with E-state index in [2.05, 4.69) is 53.8 Å². The molecule has 0 aromatic heterocycles. The normalized spacial score (nSPS) is 26.0. The minimum atomic E-state index is 0.156. The number of benzene rings is 2. The number of aliphatic hydroxyl groups is 1. The molecule has 2 N–H and O–H groups in total. The third-order valence-electron chi connectivity index (χ3n) is 5.09. The summed E-state index contributed by atoms with van der Waals surface area (Å²) in [6.45, 7) is 1.03. The fourth-order valence-corrected chi connectivity index (χ4v) is 4.00. The molecular formula is C20H23NO2. The molecule has 0 bridgehead atoms. The molecule has 0 radical (unpaired) electrons. The molecule has 2 aromatic carbocycles. The highest BCUT2D eigenvalue weighted by Gasteiger charge is 2.39. The molecule has 0 amide bonds. The van der Waals surface area contributed by atoms with Crippen molar-refractivity contribution in [1.29, 1.82) is 0 Å². The van der Waals surface area contributed by atoms with Gasteiger partial charge in [-0.15, -0.1) is 0 Å². The van der Waals surface area contributed by atoms with Crippen LogP contribution in [0.5, 0.6) is 0 Å². The Labute approximate surface area is 137 Å². The topological polar surface area (TPSA) is 41.5 Å². The largest absolute Gasteiger partial charge is 0.396 e. The SMILES string of the molecule is OCCc1ccc2c(c1)[C@H]1OCCC[C@H]1[C@H](c1ccccc1)N2. The lowest BCUT2D eigenvalue weighted by atomic mass is 9.77. The van der Waals surface area contributed by atoms with Crippen molar-refractivity contribution in [2.45, 2.75) is 31.4 Å². The van der Waals surface area contributed by atoms with Crippen LogP contribution in [0.3, 0.4) is 0 Å². The average molecular weight is 309 g/mol. The van der Waals surface area contributed by atoms with Crippen LogP contribution in [0, 0.1) is 5.92 Å².